The second kappa shape index (κ2) is 4.37. The smallest absolute Gasteiger partial charge is 0.162 e. The van der Waals surface area contributed by atoms with E-state index in [9.17, 15) is 4.79 Å². The molecule has 0 aromatic heterocycles. The molecule has 1 aliphatic heterocycles. The first kappa shape index (κ1) is 10.7. The summed E-state index contributed by atoms with van der Waals surface area (Å²) < 4.78 is 6.18. The van der Waals surface area contributed by atoms with Crippen LogP contribution in [0, 0.1) is 0 Å². The van der Waals surface area contributed by atoms with E-state index in [-0.39, 0.29) is 11.9 Å². The van der Waals surface area contributed by atoms with E-state index < -0.39 is 0 Å². The lowest BCUT2D eigenvalue weighted by atomic mass is 10.0. The second-order valence-electron chi connectivity index (χ2n) is 3.27. The minimum Gasteiger partial charge on any atom is -0.493 e. The molecule has 1 heterocycles. The highest BCUT2D eigenvalue weighted by molar-refractivity contribution is 9.10. The normalized spacial score (nSPS) is 20.1. The molecule has 1 aliphatic rings. The molecule has 0 radical (unpaired) electrons. The first-order valence-corrected chi connectivity index (χ1v) is 5.63. The molecule has 15 heavy (non-hydrogen) atoms. The van der Waals surface area contributed by atoms with Gasteiger partial charge in [0.25, 0.3) is 0 Å². The molecular weight excluding hydrogens is 279 g/mol. The van der Waals surface area contributed by atoms with Crippen LogP contribution in [0.15, 0.2) is 35.0 Å². The van der Waals surface area contributed by atoms with Crippen molar-refractivity contribution in [2.24, 2.45) is 0 Å². The number of ketones is 1. The Balaban J connectivity index is 2.26. The molecule has 1 unspecified atom stereocenters. The van der Waals surface area contributed by atoms with E-state index in [2.05, 4.69) is 15.9 Å². The number of carbonyl (C=O) groups is 1. The zero-order chi connectivity index (χ0) is 10.8. The van der Waals surface area contributed by atoms with Crippen LogP contribution in [0.1, 0.15) is 18.1 Å². The first-order valence-electron chi connectivity index (χ1n) is 4.46. The fraction of sp³-hybridized carbons (Fsp3) is 0.182. The van der Waals surface area contributed by atoms with E-state index in [1.165, 1.54) is 12.3 Å². The molecule has 2 rings (SSSR count). The standard InChI is InChI=1S/C11H8BrClO2/c12-9-5-7(1-2-10(9)13)11-6-8(14)3-4-15-11/h1-5,11H,6H2. The predicted octanol–water partition coefficient (Wildman–Crippen LogP) is 3.65. The van der Waals surface area contributed by atoms with Crippen molar-refractivity contribution in [3.05, 3.63) is 45.6 Å². The van der Waals surface area contributed by atoms with E-state index in [1.54, 1.807) is 6.07 Å². The van der Waals surface area contributed by atoms with Crippen molar-refractivity contribution in [2.45, 2.75) is 12.5 Å². The fourth-order valence-corrected chi connectivity index (χ4v) is 1.93. The van der Waals surface area contributed by atoms with Crippen molar-refractivity contribution in [1.82, 2.24) is 0 Å². The lowest BCUT2D eigenvalue weighted by Gasteiger charge is -2.19. The number of hydrogen-bond acceptors (Lipinski definition) is 2. The van der Waals surface area contributed by atoms with Gasteiger partial charge in [-0.3, -0.25) is 4.79 Å². The van der Waals surface area contributed by atoms with Gasteiger partial charge in [-0.1, -0.05) is 17.7 Å². The van der Waals surface area contributed by atoms with E-state index in [0.717, 1.165) is 10.0 Å². The summed E-state index contributed by atoms with van der Waals surface area (Å²) in [6.07, 6.45) is 3.07. The number of ether oxygens (including phenoxy) is 1. The molecule has 0 spiro atoms. The SMILES string of the molecule is O=C1C=COC(c2ccc(Cl)c(Br)c2)C1. The molecule has 4 heteroatoms. The molecular formula is C11H8BrClO2. The molecule has 2 nitrogen and oxygen atoms in total. The van der Waals surface area contributed by atoms with Gasteiger partial charge in [-0.25, -0.2) is 0 Å². The number of benzene rings is 1. The van der Waals surface area contributed by atoms with Crippen LogP contribution in [0.5, 0.6) is 0 Å². The van der Waals surface area contributed by atoms with Crippen molar-refractivity contribution in [3.8, 4) is 0 Å². The largest absolute Gasteiger partial charge is 0.493 e. The third-order valence-corrected chi connectivity index (χ3v) is 3.41. The number of rotatable bonds is 1. The molecule has 0 aliphatic carbocycles. The van der Waals surface area contributed by atoms with Crippen LogP contribution >= 0.6 is 27.5 Å². The summed E-state index contributed by atoms with van der Waals surface area (Å²) in [5.74, 6) is 0.0809. The Morgan fingerprint density at radius 2 is 2.27 bits per heavy atom. The summed E-state index contributed by atoms with van der Waals surface area (Å²) in [6, 6.07) is 5.52. The maximum absolute atomic E-state index is 11.2. The predicted molar refractivity (Wildman–Crippen MR) is 61.7 cm³/mol. The molecule has 1 aromatic carbocycles. The van der Waals surface area contributed by atoms with Gasteiger partial charge in [0.05, 0.1) is 17.7 Å². The molecule has 0 bridgehead atoms. The van der Waals surface area contributed by atoms with Gasteiger partial charge in [-0.2, -0.15) is 0 Å². The Morgan fingerprint density at radius 1 is 1.47 bits per heavy atom. The average molecular weight is 288 g/mol. The van der Waals surface area contributed by atoms with E-state index in [4.69, 9.17) is 16.3 Å². The lowest BCUT2D eigenvalue weighted by Crippen LogP contribution is -2.11. The van der Waals surface area contributed by atoms with Crippen LogP contribution in [0.3, 0.4) is 0 Å². The highest BCUT2D eigenvalue weighted by Crippen LogP contribution is 2.30. The Kier molecular flexibility index (Phi) is 3.12. The first-order chi connectivity index (χ1) is 7.16. The van der Waals surface area contributed by atoms with Crippen LogP contribution in [0.25, 0.3) is 0 Å². The summed E-state index contributed by atoms with van der Waals surface area (Å²) in [6.45, 7) is 0. The Hall–Kier alpha value is -0.800. The molecule has 1 aromatic rings. The molecule has 1 atom stereocenters. The van der Waals surface area contributed by atoms with Crippen LogP contribution in [0.2, 0.25) is 5.02 Å². The quantitative estimate of drug-likeness (QED) is 0.788. The van der Waals surface area contributed by atoms with Crippen LogP contribution in [-0.4, -0.2) is 5.78 Å². The summed E-state index contributed by atoms with van der Waals surface area (Å²) in [4.78, 5) is 11.2. The lowest BCUT2D eigenvalue weighted by molar-refractivity contribution is -0.118. The van der Waals surface area contributed by atoms with Crippen molar-refractivity contribution >= 4 is 33.3 Å². The molecule has 78 valence electrons. The Labute approximate surface area is 101 Å². The van der Waals surface area contributed by atoms with Gasteiger partial charge in [0.1, 0.15) is 6.10 Å². The summed E-state index contributed by atoms with van der Waals surface area (Å²) in [7, 11) is 0. The van der Waals surface area contributed by atoms with E-state index in [0.29, 0.717) is 11.4 Å². The molecule has 0 saturated heterocycles. The maximum atomic E-state index is 11.2. The van der Waals surface area contributed by atoms with Crippen LogP contribution < -0.4 is 0 Å². The minimum absolute atomic E-state index is 0.0809. The maximum Gasteiger partial charge on any atom is 0.162 e. The van der Waals surface area contributed by atoms with Crippen molar-refractivity contribution in [1.29, 1.82) is 0 Å². The number of carbonyl (C=O) groups excluding carboxylic acids is 1. The Morgan fingerprint density at radius 3 is 2.93 bits per heavy atom. The number of allylic oxidation sites excluding steroid dienone is 1. The number of hydrogen-bond donors (Lipinski definition) is 0. The van der Waals surface area contributed by atoms with Gasteiger partial charge in [0.15, 0.2) is 5.78 Å². The Bertz CT molecular complexity index is 429. The highest BCUT2D eigenvalue weighted by atomic mass is 79.9. The summed E-state index contributed by atoms with van der Waals surface area (Å²) in [5, 5.41) is 0.649. The van der Waals surface area contributed by atoms with Crippen molar-refractivity contribution in [2.75, 3.05) is 0 Å². The number of halogens is 2. The van der Waals surface area contributed by atoms with Gasteiger partial charge >= 0.3 is 0 Å². The van der Waals surface area contributed by atoms with Gasteiger partial charge in [0.2, 0.25) is 0 Å². The van der Waals surface area contributed by atoms with Crippen molar-refractivity contribution in [3.63, 3.8) is 0 Å². The topological polar surface area (TPSA) is 26.3 Å². The summed E-state index contributed by atoms with van der Waals surface area (Å²) >= 11 is 9.22. The van der Waals surface area contributed by atoms with Gasteiger partial charge < -0.3 is 4.74 Å². The fourth-order valence-electron chi connectivity index (χ4n) is 1.42. The molecule has 0 saturated carbocycles. The molecule has 0 amide bonds. The minimum atomic E-state index is -0.198. The van der Waals surface area contributed by atoms with E-state index >= 15 is 0 Å². The zero-order valence-corrected chi connectivity index (χ0v) is 10.1. The van der Waals surface area contributed by atoms with Crippen LogP contribution in [-0.2, 0) is 9.53 Å². The third-order valence-electron chi connectivity index (χ3n) is 2.20. The van der Waals surface area contributed by atoms with Gasteiger partial charge in [-0.15, -0.1) is 0 Å². The second-order valence-corrected chi connectivity index (χ2v) is 4.53. The van der Waals surface area contributed by atoms with E-state index in [1.807, 2.05) is 12.1 Å². The van der Waals surface area contributed by atoms with Crippen molar-refractivity contribution < 1.29 is 9.53 Å². The van der Waals surface area contributed by atoms with Gasteiger partial charge in [-0.05, 0) is 33.6 Å². The zero-order valence-electron chi connectivity index (χ0n) is 7.74. The monoisotopic (exact) mass is 286 g/mol. The van der Waals surface area contributed by atoms with Gasteiger partial charge in [0, 0.05) is 10.5 Å². The average Bonchev–Trinajstić information content (AvgIpc) is 2.22. The molecule has 0 fully saturated rings. The molecule has 0 N–H and O–H groups in total. The third kappa shape index (κ3) is 2.41. The highest BCUT2D eigenvalue weighted by Gasteiger charge is 2.19. The van der Waals surface area contributed by atoms with Crippen LogP contribution in [0.4, 0.5) is 0 Å². The summed E-state index contributed by atoms with van der Waals surface area (Å²) in [5.41, 5.74) is 0.948.